The van der Waals surface area contributed by atoms with Gasteiger partial charge in [0.25, 0.3) is 5.91 Å². The fraction of sp³-hybridized carbons (Fsp3) is 0.316. The van der Waals surface area contributed by atoms with Crippen LogP contribution in [0.2, 0.25) is 0 Å². The summed E-state index contributed by atoms with van der Waals surface area (Å²) in [5, 5.41) is 0. The van der Waals surface area contributed by atoms with Gasteiger partial charge in [-0.15, -0.1) is 0 Å². The number of alkyl halides is 3. The number of carbonyl (C=O) groups is 1. The third-order valence-corrected chi connectivity index (χ3v) is 4.91. The number of aromatic nitrogens is 2. The minimum Gasteiger partial charge on any atom is -0.307 e. The Labute approximate surface area is 148 Å². The van der Waals surface area contributed by atoms with E-state index in [0.29, 0.717) is 18.5 Å². The molecule has 2 aliphatic carbocycles. The molecule has 1 aromatic heterocycles. The second-order valence-corrected chi connectivity index (χ2v) is 6.58. The Kier molecular flexibility index (Phi) is 4.01. The highest BCUT2D eigenvalue weighted by Crippen LogP contribution is 2.45. The number of rotatable bonds is 2. The summed E-state index contributed by atoms with van der Waals surface area (Å²) in [4.78, 5) is 21.8. The van der Waals surface area contributed by atoms with E-state index in [1.807, 2.05) is 6.08 Å². The smallest absolute Gasteiger partial charge is 0.307 e. The summed E-state index contributed by atoms with van der Waals surface area (Å²) in [6, 6.07) is 1.63. The fourth-order valence-electron chi connectivity index (χ4n) is 3.66. The molecule has 26 heavy (non-hydrogen) atoms. The minimum absolute atomic E-state index is 0.0986. The van der Waals surface area contributed by atoms with Crippen molar-refractivity contribution in [3.63, 3.8) is 0 Å². The quantitative estimate of drug-likeness (QED) is 0.754. The summed E-state index contributed by atoms with van der Waals surface area (Å²) >= 11 is 0. The molecule has 0 fully saturated rings. The van der Waals surface area contributed by atoms with E-state index in [1.165, 1.54) is 17.3 Å². The number of allylic oxidation sites excluding steroid dienone is 5. The summed E-state index contributed by atoms with van der Waals surface area (Å²) in [7, 11) is 0. The minimum atomic E-state index is -4.21. The van der Waals surface area contributed by atoms with Crippen molar-refractivity contribution in [1.29, 1.82) is 0 Å². The lowest BCUT2D eigenvalue weighted by atomic mass is 9.79. The maximum Gasteiger partial charge on any atom is 0.392 e. The average Bonchev–Trinajstić information content (AvgIpc) is 3.20. The lowest BCUT2D eigenvalue weighted by Gasteiger charge is -2.30. The van der Waals surface area contributed by atoms with Crippen LogP contribution < -0.4 is 0 Å². The van der Waals surface area contributed by atoms with Crippen molar-refractivity contribution in [3.05, 3.63) is 71.5 Å². The molecule has 7 heteroatoms. The number of carbonyl (C=O) groups excluding carboxylic acids is 1. The second-order valence-electron chi connectivity index (χ2n) is 6.58. The lowest BCUT2D eigenvalue weighted by molar-refractivity contribution is -0.184. The Morgan fingerprint density at radius 3 is 2.65 bits per heavy atom. The van der Waals surface area contributed by atoms with Crippen LogP contribution in [0.1, 0.15) is 23.5 Å². The Balaban J connectivity index is 1.56. The van der Waals surface area contributed by atoms with Gasteiger partial charge < -0.3 is 4.90 Å². The topological polar surface area (TPSA) is 46.1 Å². The molecule has 1 amide bonds. The predicted octanol–water partition coefficient (Wildman–Crippen LogP) is 3.83. The molecule has 1 aromatic rings. The Hall–Kier alpha value is -2.70. The van der Waals surface area contributed by atoms with Crippen molar-refractivity contribution in [2.24, 2.45) is 11.8 Å². The van der Waals surface area contributed by atoms with E-state index >= 15 is 0 Å². The van der Waals surface area contributed by atoms with Gasteiger partial charge in [0.05, 0.1) is 12.5 Å². The lowest BCUT2D eigenvalue weighted by Crippen LogP contribution is -2.31. The summed E-state index contributed by atoms with van der Waals surface area (Å²) in [5.74, 6) is -2.25. The molecule has 0 bridgehead atoms. The highest BCUT2D eigenvalue weighted by molar-refractivity contribution is 5.92. The average molecular weight is 359 g/mol. The van der Waals surface area contributed by atoms with Crippen molar-refractivity contribution in [3.8, 4) is 0 Å². The van der Waals surface area contributed by atoms with Crippen molar-refractivity contribution >= 4 is 5.91 Å². The molecule has 0 saturated carbocycles. The zero-order valence-electron chi connectivity index (χ0n) is 13.8. The van der Waals surface area contributed by atoms with Crippen LogP contribution in [0.5, 0.6) is 0 Å². The molecule has 2 heterocycles. The largest absolute Gasteiger partial charge is 0.392 e. The second kappa shape index (κ2) is 6.23. The van der Waals surface area contributed by atoms with Gasteiger partial charge in [0, 0.05) is 24.5 Å². The van der Waals surface area contributed by atoms with E-state index in [2.05, 4.69) is 9.97 Å². The molecule has 4 nitrogen and oxygen atoms in total. The molecule has 1 aliphatic heterocycles. The number of fused-ring (bicyclic) bond motifs is 1. The highest BCUT2D eigenvalue weighted by atomic mass is 19.4. The first-order valence-corrected chi connectivity index (χ1v) is 8.39. The molecular formula is C19H16F3N3O. The molecule has 2 atom stereocenters. The fourth-order valence-corrected chi connectivity index (χ4v) is 3.66. The molecule has 2 unspecified atom stereocenters. The number of hydrogen-bond donors (Lipinski definition) is 0. The summed E-state index contributed by atoms with van der Waals surface area (Å²) < 4.78 is 40.0. The third-order valence-electron chi connectivity index (χ3n) is 4.91. The summed E-state index contributed by atoms with van der Waals surface area (Å²) in [6.45, 7) is 0.319. The number of hydrogen-bond acceptors (Lipinski definition) is 3. The van der Waals surface area contributed by atoms with Crippen LogP contribution in [-0.4, -0.2) is 33.5 Å². The van der Waals surface area contributed by atoms with E-state index < -0.39 is 18.0 Å². The number of amides is 1. The van der Waals surface area contributed by atoms with Crippen molar-refractivity contribution < 1.29 is 18.0 Å². The van der Waals surface area contributed by atoms with E-state index in [9.17, 15) is 18.0 Å². The molecule has 0 aromatic carbocycles. The molecule has 0 radical (unpaired) electrons. The number of nitrogens with zero attached hydrogens (tertiary/aromatic N) is 3. The standard InChI is InChI=1S/C19H16F3N3O/c20-19(21,22)16-5-2-1-4-15(16)12-8-13-10-25(11-14(13)9-12)18(26)17-23-6-3-7-24-17/h1,3-4,6-10,15-16H,2,5,11H2. The summed E-state index contributed by atoms with van der Waals surface area (Å²) in [6.07, 6.45) is 8.01. The molecule has 0 N–H and O–H groups in total. The van der Waals surface area contributed by atoms with Crippen molar-refractivity contribution in [2.75, 3.05) is 6.54 Å². The van der Waals surface area contributed by atoms with Crippen LogP contribution in [0.25, 0.3) is 0 Å². The van der Waals surface area contributed by atoms with Crippen LogP contribution in [-0.2, 0) is 0 Å². The third kappa shape index (κ3) is 2.98. The van der Waals surface area contributed by atoms with Gasteiger partial charge in [-0.1, -0.05) is 18.2 Å². The Bertz CT molecular complexity index is 853. The van der Waals surface area contributed by atoms with Crippen LogP contribution in [0.4, 0.5) is 13.2 Å². The monoisotopic (exact) mass is 359 g/mol. The van der Waals surface area contributed by atoms with Crippen LogP contribution in [0.15, 0.2) is 65.7 Å². The first-order chi connectivity index (χ1) is 12.4. The normalized spacial score (nSPS) is 24.9. The van der Waals surface area contributed by atoms with E-state index in [0.717, 1.165) is 11.1 Å². The van der Waals surface area contributed by atoms with Gasteiger partial charge in [-0.25, -0.2) is 9.97 Å². The summed E-state index contributed by atoms with van der Waals surface area (Å²) in [5.41, 5.74) is 2.29. The van der Waals surface area contributed by atoms with E-state index in [4.69, 9.17) is 0 Å². The van der Waals surface area contributed by atoms with Crippen LogP contribution in [0.3, 0.4) is 0 Å². The van der Waals surface area contributed by atoms with Crippen molar-refractivity contribution in [2.45, 2.75) is 19.0 Å². The molecule has 0 saturated heterocycles. The first-order valence-electron chi connectivity index (χ1n) is 8.39. The van der Waals surface area contributed by atoms with Gasteiger partial charge >= 0.3 is 6.18 Å². The molecular weight excluding hydrogens is 343 g/mol. The maximum absolute atomic E-state index is 13.3. The van der Waals surface area contributed by atoms with E-state index in [1.54, 1.807) is 30.5 Å². The SMILES string of the molecule is O=C(c1ncccn1)N1C=C2C=C(C3C=CCCC3C(F)(F)F)C=C2C1. The van der Waals surface area contributed by atoms with E-state index in [-0.39, 0.29) is 18.2 Å². The van der Waals surface area contributed by atoms with Crippen LogP contribution >= 0.6 is 0 Å². The van der Waals surface area contributed by atoms with Gasteiger partial charge in [-0.3, -0.25) is 4.79 Å². The van der Waals surface area contributed by atoms with Gasteiger partial charge in [0.1, 0.15) is 0 Å². The Morgan fingerprint density at radius 1 is 1.19 bits per heavy atom. The Morgan fingerprint density at radius 2 is 1.96 bits per heavy atom. The van der Waals surface area contributed by atoms with Crippen LogP contribution in [0, 0.1) is 11.8 Å². The zero-order valence-corrected chi connectivity index (χ0v) is 13.8. The van der Waals surface area contributed by atoms with Gasteiger partial charge in [0.15, 0.2) is 0 Å². The number of halogens is 3. The predicted molar refractivity (Wildman–Crippen MR) is 88.7 cm³/mol. The molecule has 0 spiro atoms. The highest BCUT2D eigenvalue weighted by Gasteiger charge is 2.45. The van der Waals surface area contributed by atoms with Crippen molar-refractivity contribution in [1.82, 2.24) is 14.9 Å². The maximum atomic E-state index is 13.3. The first kappa shape index (κ1) is 16.8. The molecule has 4 rings (SSSR count). The van der Waals surface area contributed by atoms with Gasteiger partial charge in [-0.2, -0.15) is 13.2 Å². The molecule has 3 aliphatic rings. The van der Waals surface area contributed by atoms with Gasteiger partial charge in [-0.05, 0) is 41.7 Å². The molecule has 134 valence electrons. The van der Waals surface area contributed by atoms with Gasteiger partial charge in [0.2, 0.25) is 5.82 Å². The zero-order chi connectivity index (χ0) is 18.3.